The highest BCUT2D eigenvalue weighted by Crippen LogP contribution is 2.38. The maximum absolute atomic E-state index is 13.6. The number of rotatable bonds is 4. The topological polar surface area (TPSA) is 67.8 Å². The van der Waals surface area contributed by atoms with Gasteiger partial charge in [0.1, 0.15) is 5.75 Å². The van der Waals surface area contributed by atoms with Crippen LogP contribution in [0.2, 0.25) is 0 Å². The van der Waals surface area contributed by atoms with Gasteiger partial charge in [0.25, 0.3) is 5.91 Å². The molecule has 0 aliphatic carbocycles. The van der Waals surface area contributed by atoms with Gasteiger partial charge < -0.3 is 19.9 Å². The van der Waals surface area contributed by atoms with Crippen LogP contribution < -0.4 is 10.1 Å². The van der Waals surface area contributed by atoms with Crippen molar-refractivity contribution in [2.45, 2.75) is 24.9 Å². The smallest absolute Gasteiger partial charge is 0.417 e. The van der Waals surface area contributed by atoms with Crippen LogP contribution in [-0.2, 0) is 15.7 Å². The van der Waals surface area contributed by atoms with Gasteiger partial charge in [-0.3, -0.25) is 4.79 Å². The summed E-state index contributed by atoms with van der Waals surface area (Å²) >= 11 is 0. The fraction of sp³-hybridized carbons (Fsp3) is 0.286. The lowest BCUT2D eigenvalue weighted by Gasteiger charge is -2.14. The summed E-state index contributed by atoms with van der Waals surface area (Å²) in [4.78, 5) is 11.9. The highest BCUT2D eigenvalue weighted by Gasteiger charge is 2.34. The summed E-state index contributed by atoms with van der Waals surface area (Å²) in [7, 11) is 0. The largest absolute Gasteiger partial charge is 0.435 e. The van der Waals surface area contributed by atoms with E-state index in [0.29, 0.717) is 0 Å². The van der Waals surface area contributed by atoms with Crippen molar-refractivity contribution in [3.8, 4) is 28.7 Å². The Hall–Kier alpha value is -3.16. The number of ether oxygens (including phenoxy) is 2. The van der Waals surface area contributed by atoms with Gasteiger partial charge in [0.2, 0.25) is 0 Å². The van der Waals surface area contributed by atoms with Crippen molar-refractivity contribution in [2.75, 3.05) is 13.2 Å². The Bertz CT molecular complexity index is 1010. The molecule has 0 unspecified atom stereocenters. The van der Waals surface area contributed by atoms with Crippen LogP contribution in [0.25, 0.3) is 11.1 Å². The first kappa shape index (κ1) is 22.5. The zero-order chi connectivity index (χ0) is 22.6. The molecule has 1 saturated heterocycles. The summed E-state index contributed by atoms with van der Waals surface area (Å²) in [6, 6.07) is 7.45. The van der Waals surface area contributed by atoms with E-state index >= 15 is 0 Å². The van der Waals surface area contributed by atoms with Crippen LogP contribution in [0.1, 0.15) is 11.1 Å². The Morgan fingerprint density at radius 1 is 1.19 bits per heavy atom. The van der Waals surface area contributed by atoms with Gasteiger partial charge in [0.05, 0.1) is 30.9 Å². The van der Waals surface area contributed by atoms with Crippen LogP contribution in [0, 0.1) is 11.8 Å². The van der Waals surface area contributed by atoms with Crippen molar-refractivity contribution in [3.63, 3.8) is 0 Å². The number of carbonyl (C=O) groups excluding carboxylic acids is 1. The van der Waals surface area contributed by atoms with E-state index in [-0.39, 0.29) is 35.7 Å². The molecule has 31 heavy (non-hydrogen) atoms. The minimum Gasteiger partial charge on any atom is -0.435 e. The third-order valence-electron chi connectivity index (χ3n) is 4.38. The third kappa shape index (κ3) is 5.93. The van der Waals surface area contributed by atoms with E-state index in [1.54, 1.807) is 0 Å². The zero-order valence-corrected chi connectivity index (χ0v) is 15.7. The average Bonchev–Trinajstić information content (AvgIpc) is 3.09. The molecule has 2 aromatic carbocycles. The summed E-state index contributed by atoms with van der Waals surface area (Å²) in [5, 5.41) is 12.0. The van der Waals surface area contributed by atoms with Gasteiger partial charge in [-0.2, -0.15) is 22.0 Å². The second kappa shape index (κ2) is 9.32. The number of aliphatic hydroxyl groups excluding tert-OH is 1. The first-order valence-corrected chi connectivity index (χ1v) is 8.98. The number of benzene rings is 2. The monoisotopic (exact) mass is 441 g/mol. The van der Waals surface area contributed by atoms with Crippen LogP contribution in [0.4, 0.5) is 22.0 Å². The first-order valence-electron chi connectivity index (χ1n) is 8.98. The van der Waals surface area contributed by atoms with Gasteiger partial charge in [0.15, 0.2) is 0 Å². The van der Waals surface area contributed by atoms with E-state index < -0.39 is 36.4 Å². The second-order valence-corrected chi connectivity index (χ2v) is 6.60. The molecule has 0 radical (unpaired) electrons. The van der Waals surface area contributed by atoms with Gasteiger partial charge in [-0.05, 0) is 35.4 Å². The number of halogens is 5. The summed E-state index contributed by atoms with van der Waals surface area (Å²) < 4.78 is 74.9. The minimum absolute atomic E-state index is 0.0259. The molecule has 0 spiro atoms. The van der Waals surface area contributed by atoms with Crippen molar-refractivity contribution in [1.29, 1.82) is 0 Å². The predicted molar refractivity (Wildman–Crippen MR) is 99.1 cm³/mol. The van der Waals surface area contributed by atoms with Crippen LogP contribution in [-0.4, -0.2) is 43.0 Å². The number of amides is 1. The summed E-state index contributed by atoms with van der Waals surface area (Å²) in [5.41, 5.74) is -1.35. The SMILES string of the molecule is O=C(C#Cc1ccc(-c2cccc(OC(F)F)c2)c(C(F)(F)F)c1)N[C@H]1COC[C@@H]1O. The first-order chi connectivity index (χ1) is 14.6. The highest BCUT2D eigenvalue weighted by atomic mass is 19.4. The van der Waals surface area contributed by atoms with Crippen LogP contribution in [0.5, 0.6) is 5.75 Å². The number of hydrogen-bond acceptors (Lipinski definition) is 4. The van der Waals surface area contributed by atoms with Crippen molar-refractivity contribution in [2.24, 2.45) is 0 Å². The molecule has 164 valence electrons. The standard InChI is InChI=1S/C21H16F5NO4/c22-20(23)31-14-3-1-2-13(9-14)15-6-4-12(8-16(15)21(24,25)26)5-7-19(29)27-17-10-30-11-18(17)28/h1-4,6,8-9,17-18,20,28H,10-11H2,(H,27,29)/t17-,18-/m0/s1. The normalized spacial score (nSPS) is 18.4. The van der Waals surface area contributed by atoms with E-state index in [0.717, 1.165) is 18.2 Å². The van der Waals surface area contributed by atoms with E-state index in [9.17, 15) is 31.9 Å². The van der Waals surface area contributed by atoms with Crippen LogP contribution in [0.3, 0.4) is 0 Å². The zero-order valence-electron chi connectivity index (χ0n) is 15.7. The van der Waals surface area contributed by atoms with Crippen LogP contribution >= 0.6 is 0 Å². The lowest BCUT2D eigenvalue weighted by atomic mass is 9.97. The molecule has 1 aliphatic rings. The van der Waals surface area contributed by atoms with E-state index in [2.05, 4.69) is 21.9 Å². The summed E-state index contributed by atoms with van der Waals surface area (Å²) in [5.74, 6) is 3.48. The molecule has 0 saturated carbocycles. The minimum atomic E-state index is -4.76. The van der Waals surface area contributed by atoms with Gasteiger partial charge in [-0.15, -0.1) is 0 Å². The predicted octanol–water partition coefficient (Wildman–Crippen LogP) is 3.20. The molecule has 2 atom stereocenters. The third-order valence-corrected chi connectivity index (χ3v) is 4.38. The van der Waals surface area contributed by atoms with E-state index in [1.807, 2.05) is 0 Å². The molecule has 0 bridgehead atoms. The molecular formula is C21H16F5NO4. The lowest BCUT2D eigenvalue weighted by molar-refractivity contribution is -0.137. The number of aliphatic hydroxyl groups is 1. The molecule has 1 heterocycles. The second-order valence-electron chi connectivity index (χ2n) is 6.60. The van der Waals surface area contributed by atoms with Crippen molar-refractivity contribution in [1.82, 2.24) is 5.32 Å². The summed E-state index contributed by atoms with van der Waals surface area (Å²) in [6.07, 6.45) is -5.65. The van der Waals surface area contributed by atoms with Crippen LogP contribution in [0.15, 0.2) is 42.5 Å². The maximum atomic E-state index is 13.6. The van der Waals surface area contributed by atoms with E-state index in [4.69, 9.17) is 4.74 Å². The molecule has 10 heteroatoms. The molecule has 5 nitrogen and oxygen atoms in total. The van der Waals surface area contributed by atoms with Gasteiger partial charge in [-0.25, -0.2) is 0 Å². The molecule has 1 fully saturated rings. The molecular weight excluding hydrogens is 425 g/mol. The van der Waals surface area contributed by atoms with Gasteiger partial charge in [-0.1, -0.05) is 24.1 Å². The Labute approximate surface area is 173 Å². The Morgan fingerprint density at radius 3 is 2.61 bits per heavy atom. The molecule has 3 rings (SSSR count). The average molecular weight is 441 g/mol. The molecule has 0 aromatic heterocycles. The van der Waals surface area contributed by atoms with Crippen molar-refractivity contribution >= 4 is 5.91 Å². The molecule has 1 aliphatic heterocycles. The Morgan fingerprint density at radius 2 is 1.97 bits per heavy atom. The summed E-state index contributed by atoms with van der Waals surface area (Å²) in [6.45, 7) is -2.94. The fourth-order valence-electron chi connectivity index (χ4n) is 2.96. The molecule has 1 amide bonds. The number of nitrogens with one attached hydrogen (secondary N) is 1. The van der Waals surface area contributed by atoms with Gasteiger partial charge in [0, 0.05) is 11.5 Å². The van der Waals surface area contributed by atoms with Gasteiger partial charge >= 0.3 is 12.8 Å². The quantitative estimate of drug-likeness (QED) is 0.565. The van der Waals surface area contributed by atoms with Crippen molar-refractivity contribution in [3.05, 3.63) is 53.6 Å². The highest BCUT2D eigenvalue weighted by molar-refractivity contribution is 5.94. The Balaban J connectivity index is 1.87. The Kier molecular flexibility index (Phi) is 6.77. The number of hydrogen-bond donors (Lipinski definition) is 2. The fourth-order valence-corrected chi connectivity index (χ4v) is 2.96. The van der Waals surface area contributed by atoms with E-state index in [1.165, 1.54) is 24.3 Å². The molecule has 2 N–H and O–H groups in total. The maximum Gasteiger partial charge on any atom is 0.417 e. The lowest BCUT2D eigenvalue weighted by Crippen LogP contribution is -2.41. The van der Waals surface area contributed by atoms with Crippen molar-refractivity contribution < 1.29 is 41.3 Å². The number of carbonyl (C=O) groups is 1. The molecule has 2 aromatic rings. The number of alkyl halides is 5.